The van der Waals surface area contributed by atoms with Gasteiger partial charge in [-0.2, -0.15) is 0 Å². The Balaban J connectivity index is 1.28. The van der Waals surface area contributed by atoms with E-state index < -0.39 is 5.97 Å². The molecule has 148 valence electrons. The third kappa shape index (κ3) is 4.65. The van der Waals surface area contributed by atoms with E-state index in [-0.39, 0.29) is 12.5 Å². The third-order valence-corrected chi connectivity index (χ3v) is 5.67. The number of hydrogen-bond donors (Lipinski definition) is 0. The lowest BCUT2D eigenvalue weighted by atomic mass is 9.90. The van der Waals surface area contributed by atoms with Gasteiger partial charge in [0.25, 0.3) is 5.91 Å². The maximum Gasteiger partial charge on any atom is 0.339 e. The van der Waals surface area contributed by atoms with Crippen LogP contribution in [-0.2, 0) is 16.0 Å². The summed E-state index contributed by atoms with van der Waals surface area (Å²) in [5, 5.41) is 1.82. The highest BCUT2D eigenvalue weighted by Crippen LogP contribution is 2.22. The molecule has 3 aromatic rings. The van der Waals surface area contributed by atoms with Crippen molar-refractivity contribution in [2.45, 2.75) is 19.3 Å². The minimum atomic E-state index is -0.450. The topological polar surface area (TPSA) is 46.6 Å². The summed E-state index contributed by atoms with van der Waals surface area (Å²) in [4.78, 5) is 26.8. The number of nitrogens with zero attached hydrogens (tertiary/aromatic N) is 1. The van der Waals surface area contributed by atoms with Crippen molar-refractivity contribution >= 4 is 22.6 Å². The normalized spacial score (nSPS) is 14.7. The van der Waals surface area contributed by atoms with Gasteiger partial charge in [-0.05, 0) is 47.6 Å². The van der Waals surface area contributed by atoms with Gasteiger partial charge >= 0.3 is 5.97 Å². The zero-order valence-electron chi connectivity index (χ0n) is 16.4. The van der Waals surface area contributed by atoms with Crippen LogP contribution >= 0.6 is 0 Å². The van der Waals surface area contributed by atoms with E-state index in [1.54, 1.807) is 6.07 Å². The molecule has 1 fully saturated rings. The number of benzene rings is 3. The molecule has 1 aliphatic heterocycles. The Hall–Kier alpha value is -3.14. The van der Waals surface area contributed by atoms with Crippen LogP contribution < -0.4 is 0 Å². The fraction of sp³-hybridized carbons (Fsp3) is 0.280. The Morgan fingerprint density at radius 1 is 0.862 bits per heavy atom. The fourth-order valence-corrected chi connectivity index (χ4v) is 4.03. The second-order valence-electron chi connectivity index (χ2n) is 7.62. The number of esters is 1. The first kappa shape index (κ1) is 19.2. The SMILES string of the molecule is O=C(OCC(=O)N1CCC(Cc2ccccc2)CC1)c1cccc2ccccc12. The molecule has 0 aromatic heterocycles. The van der Waals surface area contributed by atoms with Gasteiger partial charge in [0.1, 0.15) is 0 Å². The van der Waals surface area contributed by atoms with Crippen LogP contribution in [0, 0.1) is 5.92 Å². The number of carbonyl (C=O) groups excluding carboxylic acids is 2. The molecule has 4 heteroatoms. The van der Waals surface area contributed by atoms with Crippen molar-refractivity contribution in [1.82, 2.24) is 4.90 Å². The Morgan fingerprint density at radius 2 is 1.55 bits per heavy atom. The molecule has 0 N–H and O–H groups in total. The van der Waals surface area contributed by atoms with Crippen LogP contribution in [0.15, 0.2) is 72.8 Å². The first-order valence-corrected chi connectivity index (χ1v) is 10.2. The third-order valence-electron chi connectivity index (χ3n) is 5.67. The summed E-state index contributed by atoms with van der Waals surface area (Å²) < 4.78 is 5.34. The molecule has 1 heterocycles. The molecule has 0 unspecified atom stereocenters. The number of likely N-dealkylation sites (tertiary alicyclic amines) is 1. The van der Waals surface area contributed by atoms with E-state index in [9.17, 15) is 9.59 Å². The molecule has 1 saturated heterocycles. The molecule has 1 amide bonds. The molecule has 0 bridgehead atoms. The van der Waals surface area contributed by atoms with Crippen LogP contribution in [0.2, 0.25) is 0 Å². The average Bonchev–Trinajstić information content (AvgIpc) is 2.78. The lowest BCUT2D eigenvalue weighted by Gasteiger charge is -2.32. The molecule has 0 aliphatic carbocycles. The Labute approximate surface area is 171 Å². The zero-order chi connectivity index (χ0) is 20.1. The highest BCUT2D eigenvalue weighted by atomic mass is 16.5. The van der Waals surface area contributed by atoms with Gasteiger partial charge < -0.3 is 9.64 Å². The molecule has 1 aliphatic rings. The summed E-state index contributed by atoms with van der Waals surface area (Å²) in [6, 6.07) is 23.7. The lowest BCUT2D eigenvalue weighted by molar-refractivity contribution is -0.135. The molecule has 3 aromatic carbocycles. The number of fused-ring (bicyclic) bond motifs is 1. The van der Waals surface area contributed by atoms with Gasteiger partial charge in [0, 0.05) is 13.1 Å². The summed E-state index contributed by atoms with van der Waals surface area (Å²) in [6.07, 6.45) is 3.02. The van der Waals surface area contributed by atoms with Gasteiger partial charge in [-0.25, -0.2) is 4.79 Å². The van der Waals surface area contributed by atoms with Crippen LogP contribution in [-0.4, -0.2) is 36.5 Å². The van der Waals surface area contributed by atoms with Crippen molar-refractivity contribution in [2.75, 3.05) is 19.7 Å². The first-order chi connectivity index (χ1) is 14.2. The van der Waals surface area contributed by atoms with E-state index in [1.807, 2.05) is 47.4 Å². The predicted molar refractivity (Wildman–Crippen MR) is 114 cm³/mol. The summed E-state index contributed by atoms with van der Waals surface area (Å²) in [5.41, 5.74) is 1.85. The van der Waals surface area contributed by atoms with Crippen LogP contribution in [0.1, 0.15) is 28.8 Å². The molecule has 0 radical (unpaired) electrons. The molecule has 4 nitrogen and oxygen atoms in total. The van der Waals surface area contributed by atoms with Gasteiger partial charge in [-0.1, -0.05) is 66.7 Å². The number of piperidine rings is 1. The van der Waals surface area contributed by atoms with Crippen molar-refractivity contribution in [1.29, 1.82) is 0 Å². The van der Waals surface area contributed by atoms with Crippen LogP contribution in [0.3, 0.4) is 0 Å². The zero-order valence-corrected chi connectivity index (χ0v) is 16.4. The molecule has 29 heavy (non-hydrogen) atoms. The molecule has 0 spiro atoms. The van der Waals surface area contributed by atoms with E-state index >= 15 is 0 Å². The maximum atomic E-state index is 12.5. The van der Waals surface area contributed by atoms with Crippen molar-refractivity contribution in [2.24, 2.45) is 5.92 Å². The van der Waals surface area contributed by atoms with Gasteiger partial charge in [-0.3, -0.25) is 4.79 Å². The fourth-order valence-electron chi connectivity index (χ4n) is 4.03. The lowest BCUT2D eigenvalue weighted by Crippen LogP contribution is -2.41. The van der Waals surface area contributed by atoms with E-state index in [2.05, 4.69) is 24.3 Å². The molecular formula is C25H25NO3. The Morgan fingerprint density at radius 3 is 2.34 bits per heavy atom. The summed E-state index contributed by atoms with van der Waals surface area (Å²) >= 11 is 0. The number of ether oxygens (including phenoxy) is 1. The monoisotopic (exact) mass is 387 g/mol. The largest absolute Gasteiger partial charge is 0.452 e. The minimum absolute atomic E-state index is 0.114. The number of hydrogen-bond acceptors (Lipinski definition) is 3. The first-order valence-electron chi connectivity index (χ1n) is 10.2. The van der Waals surface area contributed by atoms with E-state index in [0.29, 0.717) is 11.5 Å². The summed E-state index contributed by atoms with van der Waals surface area (Å²) in [7, 11) is 0. The number of carbonyl (C=O) groups is 2. The molecule has 0 saturated carbocycles. The smallest absolute Gasteiger partial charge is 0.339 e. The molecule has 0 atom stereocenters. The highest BCUT2D eigenvalue weighted by molar-refractivity contribution is 6.04. The number of amides is 1. The standard InChI is InChI=1S/C25H25NO3/c27-24(26-15-13-20(14-16-26)17-19-7-2-1-3-8-19)18-29-25(28)23-12-6-10-21-9-4-5-11-22(21)23/h1-12,20H,13-18H2. The van der Waals surface area contributed by atoms with Crippen LogP contribution in [0.5, 0.6) is 0 Å². The quantitative estimate of drug-likeness (QED) is 0.607. The molecule has 4 rings (SSSR count). The Kier molecular flexibility index (Phi) is 5.89. The van der Waals surface area contributed by atoms with Crippen LogP contribution in [0.25, 0.3) is 10.8 Å². The van der Waals surface area contributed by atoms with E-state index in [0.717, 1.165) is 43.1 Å². The second kappa shape index (κ2) is 8.91. The Bertz CT molecular complexity index is 986. The second-order valence-corrected chi connectivity index (χ2v) is 7.62. The summed E-state index contributed by atoms with van der Waals surface area (Å²) in [6.45, 7) is 1.25. The van der Waals surface area contributed by atoms with Gasteiger partial charge in [0.15, 0.2) is 6.61 Å². The predicted octanol–water partition coefficient (Wildman–Crippen LogP) is 4.48. The van der Waals surface area contributed by atoms with Gasteiger partial charge in [0.05, 0.1) is 5.56 Å². The summed E-state index contributed by atoms with van der Waals surface area (Å²) in [5.74, 6) is 0.0329. The van der Waals surface area contributed by atoms with Gasteiger partial charge in [0.2, 0.25) is 0 Å². The van der Waals surface area contributed by atoms with E-state index in [1.165, 1.54) is 5.56 Å². The highest BCUT2D eigenvalue weighted by Gasteiger charge is 2.24. The van der Waals surface area contributed by atoms with Crippen molar-refractivity contribution in [3.63, 3.8) is 0 Å². The molecular weight excluding hydrogens is 362 g/mol. The van der Waals surface area contributed by atoms with Crippen molar-refractivity contribution < 1.29 is 14.3 Å². The van der Waals surface area contributed by atoms with E-state index in [4.69, 9.17) is 4.74 Å². The number of rotatable bonds is 5. The minimum Gasteiger partial charge on any atom is -0.452 e. The van der Waals surface area contributed by atoms with Crippen LogP contribution in [0.4, 0.5) is 0 Å². The van der Waals surface area contributed by atoms with Crippen molar-refractivity contribution in [3.05, 3.63) is 83.9 Å². The van der Waals surface area contributed by atoms with Gasteiger partial charge in [-0.15, -0.1) is 0 Å². The van der Waals surface area contributed by atoms with Crippen molar-refractivity contribution in [3.8, 4) is 0 Å². The maximum absolute atomic E-state index is 12.5. The average molecular weight is 387 g/mol.